The van der Waals surface area contributed by atoms with Crippen LogP contribution >= 0.6 is 23.5 Å². The number of rotatable bonds is 3. The molecule has 3 heterocycles. The maximum Gasteiger partial charge on any atom is 2.00 e. The quantitative estimate of drug-likeness (QED) is 0.151. The second kappa shape index (κ2) is 10.5. The Hall–Kier alpha value is -0.214. The minimum Gasteiger partial charge on any atom is -0.662 e. The summed E-state index contributed by atoms with van der Waals surface area (Å²) in [7, 11) is 1.47. The molecule has 0 aromatic rings. The molecule has 2 unspecified atom stereocenters. The Balaban J connectivity index is 0.000000500. The van der Waals surface area contributed by atoms with Crippen molar-refractivity contribution in [3.63, 3.8) is 0 Å². The number of nitrogens with zero attached hydrogens (tertiary/aromatic N) is 3. The van der Waals surface area contributed by atoms with Gasteiger partial charge >= 0.3 is 46.3 Å². The Labute approximate surface area is 198 Å². The molecule has 145 valence electrons. The van der Waals surface area contributed by atoms with Crippen molar-refractivity contribution in [1.82, 2.24) is 4.90 Å². The number of β-lactam (4-membered cyclic amide) rings is 1. The summed E-state index contributed by atoms with van der Waals surface area (Å²) in [6.45, 7) is 3.22. The number of hydrogen-bond acceptors (Lipinski definition) is 9. The minimum atomic E-state index is -1.36. The molecule has 3 rings (SSSR count). The SMILES string of the molecule is CC12SCC=C(C(=O)[O-])N1C(=O)[C@@]2(C)[NH-].CON=[C-]C1CSC(N)=N1.[Co+2].[Na+]. The molecule has 0 saturated carbocycles. The van der Waals surface area contributed by atoms with E-state index in [0.29, 0.717) is 10.9 Å². The van der Waals surface area contributed by atoms with Gasteiger partial charge in [-0.25, -0.2) is 0 Å². The molecule has 3 N–H and O–H groups in total. The fourth-order valence-corrected chi connectivity index (χ4v) is 4.39. The van der Waals surface area contributed by atoms with Gasteiger partial charge in [-0.15, -0.1) is 11.8 Å². The van der Waals surface area contributed by atoms with Gasteiger partial charge < -0.3 is 37.6 Å². The summed E-state index contributed by atoms with van der Waals surface area (Å²) in [5.41, 5.74) is 11.9. The summed E-state index contributed by atoms with van der Waals surface area (Å²) >= 11 is 2.90. The van der Waals surface area contributed by atoms with Crippen LogP contribution in [-0.2, 0) is 31.2 Å². The van der Waals surface area contributed by atoms with Crippen LogP contribution in [0.4, 0.5) is 0 Å². The van der Waals surface area contributed by atoms with Gasteiger partial charge in [0.1, 0.15) is 7.11 Å². The normalized spacial score (nSPS) is 31.2. The predicted molar refractivity (Wildman–Crippen MR) is 95.8 cm³/mol. The van der Waals surface area contributed by atoms with Crippen LogP contribution in [0.5, 0.6) is 0 Å². The molecule has 0 aromatic heterocycles. The molecule has 0 aliphatic carbocycles. The summed E-state index contributed by atoms with van der Waals surface area (Å²) in [5.74, 6) is -0.533. The van der Waals surface area contributed by atoms with E-state index in [0.717, 1.165) is 10.7 Å². The van der Waals surface area contributed by atoms with E-state index in [1.54, 1.807) is 6.92 Å². The Kier molecular flexibility index (Phi) is 10.4. The molecule has 3 aliphatic rings. The zero-order valence-electron chi connectivity index (χ0n) is 15.3. The smallest absolute Gasteiger partial charge is 0.662 e. The van der Waals surface area contributed by atoms with E-state index in [1.165, 1.54) is 43.6 Å². The summed E-state index contributed by atoms with van der Waals surface area (Å²) < 4.78 is 0. The van der Waals surface area contributed by atoms with Crippen molar-refractivity contribution in [3.8, 4) is 0 Å². The molecule has 0 aromatic carbocycles. The molecular formula is C14H18CoN5NaO4S2. The van der Waals surface area contributed by atoms with E-state index < -0.39 is 22.3 Å². The molecular weight excluding hydrogens is 448 g/mol. The van der Waals surface area contributed by atoms with E-state index in [1.807, 2.05) is 0 Å². The number of carbonyl (C=O) groups excluding carboxylic acids is 2. The number of hydrogen-bond donors (Lipinski definition) is 1. The first-order valence-corrected chi connectivity index (χ1v) is 9.22. The largest absolute Gasteiger partial charge is 2.00 e. The monoisotopic (exact) mass is 466 g/mol. The average molecular weight is 466 g/mol. The zero-order valence-corrected chi connectivity index (χ0v) is 19.9. The fraction of sp³-hybridized carbons (Fsp3) is 0.571. The molecule has 3 atom stereocenters. The molecule has 27 heavy (non-hydrogen) atoms. The van der Waals surface area contributed by atoms with E-state index in [4.69, 9.17) is 11.5 Å². The van der Waals surface area contributed by atoms with E-state index >= 15 is 0 Å². The standard InChI is InChI=1S/C9H11N2O3S.C5H8N3OS.Co.Na/c1-8(10)7(14)11-5(6(12)13)3-4-15-9(8,11)2;1-9-7-2-4-3-10-5(6)8-4;;/h3,10H,4H2,1-2H3,(H,12,13);4H,3H2,1H3,(H2,6,8);;/q2*-1;+2;+1/p-1/t8-,9?;;;/m1.../s1. The number of carbonyl (C=O) groups is 2. The molecule has 0 bridgehead atoms. The second-order valence-electron chi connectivity index (χ2n) is 5.63. The van der Waals surface area contributed by atoms with Crippen molar-refractivity contribution in [2.24, 2.45) is 15.9 Å². The van der Waals surface area contributed by atoms with Crippen LogP contribution in [0.3, 0.4) is 0 Å². The average Bonchev–Trinajstić information content (AvgIpc) is 2.98. The van der Waals surface area contributed by atoms with Crippen LogP contribution in [0.1, 0.15) is 13.8 Å². The third-order valence-corrected chi connectivity index (χ3v) is 6.41. The fourth-order valence-electron chi connectivity index (χ4n) is 2.46. The van der Waals surface area contributed by atoms with Gasteiger partial charge in [0.25, 0.3) is 0 Å². The van der Waals surface area contributed by atoms with Crippen LogP contribution in [0.2, 0.25) is 0 Å². The number of aliphatic carboxylic acids is 1. The molecule has 13 heteroatoms. The van der Waals surface area contributed by atoms with E-state index in [2.05, 4.69) is 21.2 Å². The number of amides is 1. The van der Waals surface area contributed by atoms with Gasteiger partial charge in [0, 0.05) is 5.75 Å². The van der Waals surface area contributed by atoms with Gasteiger partial charge in [-0.1, -0.05) is 18.7 Å². The summed E-state index contributed by atoms with van der Waals surface area (Å²) in [6, 6.07) is -0.0232. The number of thioether (sulfide) groups is 2. The van der Waals surface area contributed by atoms with Crippen LogP contribution in [-0.4, -0.2) is 63.2 Å². The second-order valence-corrected chi connectivity index (χ2v) is 8.09. The van der Waals surface area contributed by atoms with Crippen molar-refractivity contribution in [1.29, 1.82) is 0 Å². The molecule has 3 aliphatic heterocycles. The van der Waals surface area contributed by atoms with Gasteiger partial charge in [-0.2, -0.15) is 0 Å². The summed E-state index contributed by atoms with van der Waals surface area (Å²) in [4.78, 5) is 31.2. The van der Waals surface area contributed by atoms with Crippen LogP contribution < -0.4 is 40.4 Å². The number of fused-ring (bicyclic) bond motifs is 1. The first kappa shape index (κ1) is 26.8. The van der Waals surface area contributed by atoms with Gasteiger partial charge in [-0.3, -0.25) is 14.7 Å². The molecule has 1 radical (unpaired) electrons. The predicted octanol–water partition coefficient (Wildman–Crippen LogP) is -3.34. The number of nitrogens with two attached hydrogens (primary N) is 1. The van der Waals surface area contributed by atoms with Gasteiger partial charge in [0.15, 0.2) is 5.17 Å². The van der Waals surface area contributed by atoms with Crippen molar-refractivity contribution in [2.75, 3.05) is 18.6 Å². The first-order valence-electron chi connectivity index (χ1n) is 7.25. The van der Waals surface area contributed by atoms with Crippen LogP contribution in [0, 0.1) is 0 Å². The van der Waals surface area contributed by atoms with Crippen LogP contribution in [0.15, 0.2) is 21.9 Å². The maximum atomic E-state index is 11.6. The zero-order chi connectivity index (χ0) is 18.8. The Morgan fingerprint density at radius 1 is 1.59 bits per heavy atom. The van der Waals surface area contributed by atoms with Gasteiger partial charge in [0.2, 0.25) is 5.91 Å². The van der Waals surface area contributed by atoms with Gasteiger partial charge in [0.05, 0.1) is 16.5 Å². The van der Waals surface area contributed by atoms with Crippen molar-refractivity contribution < 1.29 is 65.9 Å². The Morgan fingerprint density at radius 3 is 2.70 bits per heavy atom. The third kappa shape index (κ3) is 5.24. The number of carboxylic acids is 1. The summed E-state index contributed by atoms with van der Waals surface area (Å²) in [5, 5.41) is 14.9. The van der Waals surface area contributed by atoms with Crippen LogP contribution in [0.25, 0.3) is 5.73 Å². The van der Waals surface area contributed by atoms with E-state index in [-0.39, 0.29) is 58.1 Å². The number of aliphatic imine (C=N–C) groups is 1. The summed E-state index contributed by atoms with van der Waals surface area (Å²) in [6.07, 6.45) is 4.13. The Morgan fingerprint density at radius 2 is 2.22 bits per heavy atom. The van der Waals surface area contributed by atoms with E-state index in [9.17, 15) is 14.7 Å². The minimum absolute atomic E-state index is 0. The number of carboxylic acid groups (broad SMARTS) is 1. The maximum absolute atomic E-state index is 11.6. The molecule has 1 amide bonds. The molecule has 9 nitrogen and oxygen atoms in total. The molecule has 0 spiro atoms. The third-order valence-electron chi connectivity index (χ3n) is 4.04. The Bertz CT molecular complexity index is 676. The van der Waals surface area contributed by atoms with Gasteiger partial charge in [-0.05, 0) is 30.3 Å². The number of nitrogens with one attached hydrogen (secondary N) is 1. The van der Waals surface area contributed by atoms with Crippen molar-refractivity contribution in [2.45, 2.75) is 30.3 Å². The van der Waals surface area contributed by atoms with Crippen molar-refractivity contribution >= 4 is 46.8 Å². The number of amidine groups is 1. The molecule has 1 saturated heterocycles. The van der Waals surface area contributed by atoms with Crippen molar-refractivity contribution in [3.05, 3.63) is 17.5 Å². The first-order chi connectivity index (χ1) is 11.6. The topological polar surface area (TPSA) is 144 Å². The molecule has 1 fully saturated rings.